The molecule has 1 atom stereocenters. The van der Waals surface area contributed by atoms with Crippen LogP contribution in [0.25, 0.3) is 0 Å². The van der Waals surface area contributed by atoms with Crippen LogP contribution >= 0.6 is 0 Å². The van der Waals surface area contributed by atoms with Crippen molar-refractivity contribution in [2.75, 3.05) is 19.6 Å². The molecular weight excluding hydrogens is 288 g/mol. The summed E-state index contributed by atoms with van der Waals surface area (Å²) in [6, 6.07) is 0. The van der Waals surface area contributed by atoms with Gasteiger partial charge in [0.25, 0.3) is 0 Å². The number of carbonyl (C=O) groups excluding carboxylic acids is 4. The van der Waals surface area contributed by atoms with Crippen LogP contribution in [0.3, 0.4) is 0 Å². The number of hydrazine groups is 1. The first-order valence-corrected chi connectivity index (χ1v) is 7.48. The average molecular weight is 310 g/mol. The van der Waals surface area contributed by atoms with Gasteiger partial charge in [0.2, 0.25) is 23.6 Å². The SMILES string of the molecule is CC(=O)N(CC(=O)N1CC(=O)NC1C(C)C)N1CCCC1=O. The highest BCUT2D eigenvalue weighted by Gasteiger charge is 2.37. The van der Waals surface area contributed by atoms with Crippen LogP contribution in [0.5, 0.6) is 0 Å². The number of amides is 4. The molecule has 4 amide bonds. The Bertz CT molecular complexity index is 505. The lowest BCUT2D eigenvalue weighted by Crippen LogP contribution is -2.53. The Hall–Kier alpha value is -2.12. The van der Waals surface area contributed by atoms with E-state index in [0.717, 1.165) is 0 Å². The fourth-order valence-corrected chi connectivity index (χ4v) is 2.79. The van der Waals surface area contributed by atoms with Crippen LogP contribution < -0.4 is 5.32 Å². The third-order valence-electron chi connectivity index (χ3n) is 3.90. The maximum atomic E-state index is 12.5. The Morgan fingerprint density at radius 2 is 2.05 bits per heavy atom. The van der Waals surface area contributed by atoms with Gasteiger partial charge in [0, 0.05) is 19.9 Å². The summed E-state index contributed by atoms with van der Waals surface area (Å²) in [6.45, 7) is 5.34. The standard InChI is InChI=1S/C14H22N4O4/c1-9(2)14-15-11(20)7-16(14)13(22)8-18(10(3)19)17-6-4-5-12(17)21/h9,14H,4-8H2,1-3H3,(H,15,20). The molecule has 1 unspecified atom stereocenters. The molecule has 0 aromatic rings. The summed E-state index contributed by atoms with van der Waals surface area (Å²) >= 11 is 0. The molecule has 8 nitrogen and oxygen atoms in total. The average Bonchev–Trinajstić information content (AvgIpc) is 3.01. The molecular formula is C14H22N4O4. The molecule has 0 aromatic carbocycles. The minimum Gasteiger partial charge on any atom is -0.334 e. The van der Waals surface area contributed by atoms with Gasteiger partial charge in [-0.2, -0.15) is 0 Å². The summed E-state index contributed by atoms with van der Waals surface area (Å²) in [6.07, 6.45) is 0.689. The van der Waals surface area contributed by atoms with E-state index in [4.69, 9.17) is 0 Å². The molecule has 0 radical (unpaired) electrons. The lowest BCUT2D eigenvalue weighted by molar-refractivity contribution is -0.162. The quantitative estimate of drug-likeness (QED) is 0.744. The van der Waals surface area contributed by atoms with Crippen LogP contribution in [0.15, 0.2) is 0 Å². The van der Waals surface area contributed by atoms with Gasteiger partial charge in [0.1, 0.15) is 19.3 Å². The molecule has 122 valence electrons. The molecule has 0 spiro atoms. The third kappa shape index (κ3) is 3.20. The zero-order chi connectivity index (χ0) is 16.4. The van der Waals surface area contributed by atoms with Crippen molar-refractivity contribution in [2.45, 2.75) is 39.8 Å². The Labute approximate surface area is 129 Å². The Morgan fingerprint density at radius 3 is 2.55 bits per heavy atom. The molecule has 0 saturated carbocycles. The lowest BCUT2D eigenvalue weighted by atomic mass is 10.1. The summed E-state index contributed by atoms with van der Waals surface area (Å²) in [5.74, 6) is -0.998. The molecule has 2 aliphatic rings. The zero-order valence-corrected chi connectivity index (χ0v) is 13.2. The van der Waals surface area contributed by atoms with Gasteiger partial charge in [-0.25, -0.2) is 5.01 Å². The van der Waals surface area contributed by atoms with E-state index in [1.807, 2.05) is 13.8 Å². The van der Waals surface area contributed by atoms with E-state index in [0.29, 0.717) is 19.4 Å². The molecule has 2 fully saturated rings. The number of nitrogens with one attached hydrogen (secondary N) is 1. The van der Waals surface area contributed by atoms with Gasteiger partial charge in [-0.05, 0) is 12.3 Å². The molecule has 2 aliphatic heterocycles. The summed E-state index contributed by atoms with van der Waals surface area (Å²) < 4.78 is 0. The second-order valence-electron chi connectivity index (χ2n) is 5.98. The fraction of sp³-hybridized carbons (Fsp3) is 0.714. The van der Waals surface area contributed by atoms with Gasteiger partial charge in [0.05, 0.1) is 0 Å². The van der Waals surface area contributed by atoms with Crippen molar-refractivity contribution < 1.29 is 19.2 Å². The number of hydrogen-bond acceptors (Lipinski definition) is 4. The molecule has 8 heteroatoms. The van der Waals surface area contributed by atoms with Crippen LogP contribution in [-0.4, -0.2) is 64.3 Å². The summed E-state index contributed by atoms with van der Waals surface area (Å²) in [5.41, 5.74) is 0. The van der Waals surface area contributed by atoms with Crippen LogP contribution in [0.2, 0.25) is 0 Å². The van der Waals surface area contributed by atoms with E-state index in [-0.39, 0.29) is 48.8 Å². The van der Waals surface area contributed by atoms with Crippen molar-refractivity contribution in [1.82, 2.24) is 20.2 Å². The van der Waals surface area contributed by atoms with E-state index in [1.54, 1.807) is 0 Å². The number of rotatable bonds is 4. The van der Waals surface area contributed by atoms with Crippen molar-refractivity contribution in [3.63, 3.8) is 0 Å². The fourth-order valence-electron chi connectivity index (χ4n) is 2.79. The van der Waals surface area contributed by atoms with Crippen LogP contribution in [0, 0.1) is 5.92 Å². The lowest BCUT2D eigenvalue weighted by Gasteiger charge is -2.33. The van der Waals surface area contributed by atoms with Crippen molar-refractivity contribution in [2.24, 2.45) is 5.92 Å². The highest BCUT2D eigenvalue weighted by molar-refractivity contribution is 5.91. The highest BCUT2D eigenvalue weighted by Crippen LogP contribution is 2.17. The smallest absolute Gasteiger partial charge is 0.246 e. The number of carbonyl (C=O) groups is 4. The zero-order valence-electron chi connectivity index (χ0n) is 13.2. The van der Waals surface area contributed by atoms with Gasteiger partial charge in [-0.1, -0.05) is 13.8 Å². The van der Waals surface area contributed by atoms with E-state index < -0.39 is 0 Å². The first-order chi connectivity index (χ1) is 10.3. The van der Waals surface area contributed by atoms with Crippen molar-refractivity contribution in [3.05, 3.63) is 0 Å². The summed E-state index contributed by atoms with van der Waals surface area (Å²) in [4.78, 5) is 49.0. The highest BCUT2D eigenvalue weighted by atomic mass is 16.2. The predicted octanol–water partition coefficient (Wildman–Crippen LogP) is -0.687. The van der Waals surface area contributed by atoms with E-state index in [9.17, 15) is 19.2 Å². The van der Waals surface area contributed by atoms with Crippen molar-refractivity contribution in [3.8, 4) is 0 Å². The molecule has 2 heterocycles. The van der Waals surface area contributed by atoms with Crippen LogP contribution in [-0.2, 0) is 19.2 Å². The normalized spacial score (nSPS) is 21.5. The molecule has 2 saturated heterocycles. The minimum atomic E-state index is -0.372. The topological polar surface area (TPSA) is 90.0 Å². The monoisotopic (exact) mass is 310 g/mol. The van der Waals surface area contributed by atoms with Gasteiger partial charge in [-0.15, -0.1) is 0 Å². The van der Waals surface area contributed by atoms with Crippen molar-refractivity contribution in [1.29, 1.82) is 0 Å². The largest absolute Gasteiger partial charge is 0.334 e. The molecule has 2 rings (SSSR count). The summed E-state index contributed by atoms with van der Waals surface area (Å²) in [7, 11) is 0. The van der Waals surface area contributed by atoms with Gasteiger partial charge in [-0.3, -0.25) is 24.2 Å². The number of hydrogen-bond donors (Lipinski definition) is 1. The molecule has 1 N–H and O–H groups in total. The molecule has 0 aliphatic carbocycles. The second kappa shape index (κ2) is 6.33. The molecule has 22 heavy (non-hydrogen) atoms. The molecule has 0 aromatic heterocycles. The summed E-state index contributed by atoms with van der Waals surface area (Å²) in [5, 5.41) is 5.25. The Balaban J connectivity index is 2.09. The van der Waals surface area contributed by atoms with E-state index >= 15 is 0 Å². The van der Waals surface area contributed by atoms with Gasteiger partial charge in [0.15, 0.2) is 0 Å². The maximum Gasteiger partial charge on any atom is 0.246 e. The first-order valence-electron chi connectivity index (χ1n) is 7.48. The maximum absolute atomic E-state index is 12.5. The number of nitrogens with zero attached hydrogens (tertiary/aromatic N) is 3. The minimum absolute atomic E-state index is 0.0125. The first kappa shape index (κ1) is 16.3. The van der Waals surface area contributed by atoms with Crippen LogP contribution in [0.1, 0.15) is 33.6 Å². The Morgan fingerprint density at radius 1 is 1.36 bits per heavy atom. The van der Waals surface area contributed by atoms with Gasteiger partial charge >= 0.3 is 0 Å². The predicted molar refractivity (Wildman–Crippen MR) is 76.8 cm³/mol. The van der Waals surface area contributed by atoms with E-state index in [2.05, 4.69) is 5.32 Å². The molecule has 0 bridgehead atoms. The Kier molecular flexibility index (Phi) is 4.68. The second-order valence-corrected chi connectivity index (χ2v) is 5.98. The van der Waals surface area contributed by atoms with Crippen molar-refractivity contribution >= 4 is 23.6 Å². The van der Waals surface area contributed by atoms with Crippen LogP contribution in [0.4, 0.5) is 0 Å². The van der Waals surface area contributed by atoms with E-state index in [1.165, 1.54) is 21.8 Å². The van der Waals surface area contributed by atoms with Gasteiger partial charge < -0.3 is 10.2 Å². The third-order valence-corrected chi connectivity index (χ3v) is 3.90.